The molecule has 242 valence electrons. The Balaban J connectivity index is 1.91. The third-order valence-electron chi connectivity index (χ3n) is 7.64. The molecule has 1 fully saturated rings. The van der Waals surface area contributed by atoms with E-state index in [0.717, 1.165) is 24.9 Å². The summed E-state index contributed by atoms with van der Waals surface area (Å²) < 4.78 is 118. The number of anilines is 1. The largest absolute Gasteiger partial charge is 0.453 e. The summed E-state index contributed by atoms with van der Waals surface area (Å²) in [5.41, 5.74) is -3.20. The smallest absolute Gasteiger partial charge is 0.416 e. The van der Waals surface area contributed by atoms with Gasteiger partial charge in [-0.25, -0.2) is 18.0 Å². The molecule has 1 aliphatic heterocycles. The topological polar surface area (TPSA) is 93.2 Å². The normalized spacial score (nSPS) is 19.0. The molecule has 2 aliphatic rings. The second-order valence-corrected chi connectivity index (χ2v) is 13.4. The van der Waals surface area contributed by atoms with Gasteiger partial charge in [0, 0.05) is 18.2 Å². The van der Waals surface area contributed by atoms with Gasteiger partial charge < -0.3 is 9.47 Å². The van der Waals surface area contributed by atoms with Gasteiger partial charge in [0.2, 0.25) is 0 Å². The van der Waals surface area contributed by atoms with Crippen LogP contribution in [0, 0.1) is 5.92 Å². The number of ether oxygens (including phenoxy) is 2. The molecule has 44 heavy (non-hydrogen) atoms. The summed E-state index contributed by atoms with van der Waals surface area (Å²) in [7, 11) is -2.79. The number of carbonyl (C=O) groups is 2. The molecule has 2 amide bonds. The molecule has 2 aromatic carbocycles. The van der Waals surface area contributed by atoms with E-state index in [9.17, 15) is 44.3 Å². The molecule has 0 radical (unpaired) electrons. The molecule has 0 bridgehead atoms. The standard InChI is InChI=1S/C29H32F6N2O6S/c1-5-44(40,41)21-8-9-23-22(13-21)25(14-24(18-6-7-18)37(23)27(39)43-16(2)3)36(26(38)42-4)15-17-10-19(28(30,31)32)12-20(11-17)29(33,34)35/h8-13,16,18,24-25H,5-7,14-15H2,1-4H3. The summed E-state index contributed by atoms with van der Waals surface area (Å²) in [4.78, 5) is 28.8. The molecule has 2 unspecified atom stereocenters. The molecule has 15 heteroatoms. The average Bonchev–Trinajstić information content (AvgIpc) is 3.78. The summed E-state index contributed by atoms with van der Waals surface area (Å²) in [5.74, 6) is -0.305. The van der Waals surface area contributed by atoms with Crippen molar-refractivity contribution in [1.29, 1.82) is 0 Å². The average molecular weight is 651 g/mol. The van der Waals surface area contributed by atoms with E-state index in [1.165, 1.54) is 30.0 Å². The Bertz CT molecular complexity index is 1490. The highest BCUT2D eigenvalue weighted by Crippen LogP contribution is 2.49. The molecule has 0 spiro atoms. The van der Waals surface area contributed by atoms with Gasteiger partial charge in [-0.3, -0.25) is 9.80 Å². The van der Waals surface area contributed by atoms with Crippen LogP contribution >= 0.6 is 0 Å². The van der Waals surface area contributed by atoms with E-state index in [1.807, 2.05) is 0 Å². The number of hydrogen-bond acceptors (Lipinski definition) is 6. The minimum Gasteiger partial charge on any atom is -0.453 e. The zero-order chi connectivity index (χ0) is 32.8. The van der Waals surface area contributed by atoms with Gasteiger partial charge in [0.1, 0.15) is 0 Å². The number of benzene rings is 2. The highest BCUT2D eigenvalue weighted by atomic mass is 32.2. The first kappa shape index (κ1) is 33.4. The lowest BCUT2D eigenvalue weighted by atomic mass is 9.87. The van der Waals surface area contributed by atoms with E-state index in [0.29, 0.717) is 12.1 Å². The van der Waals surface area contributed by atoms with Crippen LogP contribution in [0.5, 0.6) is 0 Å². The molecule has 4 rings (SSSR count). The first-order valence-electron chi connectivity index (χ1n) is 13.9. The van der Waals surface area contributed by atoms with Gasteiger partial charge in [0.25, 0.3) is 0 Å². The number of halogens is 6. The molecule has 8 nitrogen and oxygen atoms in total. The Morgan fingerprint density at radius 1 is 1.00 bits per heavy atom. The van der Waals surface area contributed by atoms with Crippen molar-refractivity contribution < 1.29 is 53.8 Å². The molecule has 0 saturated heterocycles. The van der Waals surface area contributed by atoms with Crippen LogP contribution in [0.15, 0.2) is 41.3 Å². The number of carbonyl (C=O) groups excluding carboxylic acids is 2. The number of sulfone groups is 1. The maximum atomic E-state index is 13.6. The summed E-state index contributed by atoms with van der Waals surface area (Å²) in [6.07, 6.45) is -11.0. The van der Waals surface area contributed by atoms with Crippen molar-refractivity contribution in [3.05, 3.63) is 58.7 Å². The Labute approximate surface area is 250 Å². The van der Waals surface area contributed by atoms with Crippen molar-refractivity contribution in [2.75, 3.05) is 17.8 Å². The van der Waals surface area contributed by atoms with Gasteiger partial charge >= 0.3 is 24.5 Å². The van der Waals surface area contributed by atoms with Gasteiger partial charge in [0.15, 0.2) is 9.84 Å². The first-order valence-corrected chi connectivity index (χ1v) is 15.5. The Morgan fingerprint density at radius 3 is 2.07 bits per heavy atom. The Morgan fingerprint density at radius 2 is 1.59 bits per heavy atom. The van der Waals surface area contributed by atoms with E-state index in [2.05, 4.69) is 0 Å². The lowest BCUT2D eigenvalue weighted by molar-refractivity contribution is -0.143. The van der Waals surface area contributed by atoms with Gasteiger partial charge in [-0.2, -0.15) is 26.3 Å². The molecule has 1 heterocycles. The van der Waals surface area contributed by atoms with Crippen molar-refractivity contribution >= 4 is 27.7 Å². The predicted octanol–water partition coefficient (Wildman–Crippen LogP) is 7.36. The highest BCUT2D eigenvalue weighted by molar-refractivity contribution is 7.91. The third kappa shape index (κ3) is 7.08. The zero-order valence-electron chi connectivity index (χ0n) is 24.3. The fraction of sp³-hybridized carbons (Fsp3) is 0.517. The second kappa shape index (κ2) is 12.1. The van der Waals surface area contributed by atoms with Crippen molar-refractivity contribution in [2.45, 2.75) is 82.0 Å². The van der Waals surface area contributed by atoms with Gasteiger partial charge in [0.05, 0.1) is 46.7 Å². The van der Waals surface area contributed by atoms with Gasteiger partial charge in [-0.1, -0.05) is 6.92 Å². The molecule has 2 aromatic rings. The second-order valence-electron chi connectivity index (χ2n) is 11.1. The summed E-state index contributed by atoms with van der Waals surface area (Å²) >= 11 is 0. The van der Waals surface area contributed by atoms with Crippen molar-refractivity contribution in [2.24, 2.45) is 5.92 Å². The fourth-order valence-electron chi connectivity index (χ4n) is 5.42. The molecule has 0 N–H and O–H groups in total. The minimum atomic E-state index is -5.11. The van der Waals surface area contributed by atoms with E-state index in [-0.39, 0.29) is 40.3 Å². The van der Waals surface area contributed by atoms with Crippen LogP contribution in [-0.2, 0) is 38.2 Å². The van der Waals surface area contributed by atoms with Crippen molar-refractivity contribution in [3.63, 3.8) is 0 Å². The van der Waals surface area contributed by atoms with Crippen LogP contribution in [-0.4, -0.2) is 50.5 Å². The van der Waals surface area contributed by atoms with E-state index >= 15 is 0 Å². The van der Waals surface area contributed by atoms with Crippen molar-refractivity contribution in [3.8, 4) is 0 Å². The van der Waals surface area contributed by atoms with E-state index in [4.69, 9.17) is 9.47 Å². The van der Waals surface area contributed by atoms with Crippen LogP contribution in [0.2, 0.25) is 0 Å². The number of nitrogens with zero attached hydrogens (tertiary/aromatic N) is 2. The Hall–Kier alpha value is -3.49. The molecular formula is C29H32F6N2O6S. The molecule has 0 aromatic heterocycles. The number of amides is 2. The molecule has 2 atom stereocenters. The third-order valence-corrected chi connectivity index (χ3v) is 9.37. The number of methoxy groups -OCH3 is 1. The highest BCUT2D eigenvalue weighted by Gasteiger charge is 2.47. The van der Waals surface area contributed by atoms with Crippen LogP contribution < -0.4 is 4.90 Å². The van der Waals surface area contributed by atoms with E-state index < -0.39 is 75.8 Å². The van der Waals surface area contributed by atoms with Crippen LogP contribution in [0.25, 0.3) is 0 Å². The SMILES string of the molecule is CCS(=O)(=O)c1ccc2c(c1)C(N(Cc1cc(C(F)(F)F)cc(C(F)(F)F)c1)C(=O)OC)CC(C1CC1)N2C(=O)OC(C)C. The molecular weight excluding hydrogens is 618 g/mol. The van der Waals surface area contributed by atoms with Crippen molar-refractivity contribution in [1.82, 2.24) is 4.90 Å². The zero-order valence-corrected chi connectivity index (χ0v) is 25.1. The summed E-state index contributed by atoms with van der Waals surface area (Å²) in [5, 5.41) is 0. The van der Waals surface area contributed by atoms with E-state index in [1.54, 1.807) is 13.8 Å². The number of hydrogen-bond donors (Lipinski definition) is 0. The number of rotatable bonds is 7. The summed E-state index contributed by atoms with van der Waals surface area (Å²) in [6.45, 7) is 3.99. The molecule has 1 aliphatic carbocycles. The van der Waals surface area contributed by atoms with Gasteiger partial charge in [-0.05, 0) is 81.0 Å². The lowest BCUT2D eigenvalue weighted by Crippen LogP contribution is -2.50. The van der Waals surface area contributed by atoms with Crippen LogP contribution in [0.3, 0.4) is 0 Å². The number of alkyl halides is 6. The maximum Gasteiger partial charge on any atom is 0.416 e. The number of fused-ring (bicyclic) bond motifs is 1. The molecule has 1 saturated carbocycles. The van der Waals surface area contributed by atoms with Crippen LogP contribution in [0.4, 0.5) is 41.6 Å². The monoisotopic (exact) mass is 650 g/mol. The quantitative estimate of drug-likeness (QED) is 0.291. The Kier molecular flexibility index (Phi) is 9.21. The maximum absolute atomic E-state index is 13.6. The van der Waals surface area contributed by atoms with Crippen LogP contribution in [0.1, 0.15) is 68.3 Å². The van der Waals surface area contributed by atoms with Gasteiger partial charge in [-0.15, -0.1) is 0 Å². The lowest BCUT2D eigenvalue weighted by Gasteiger charge is -2.44. The first-order chi connectivity index (χ1) is 20.4. The minimum absolute atomic E-state index is 0.000672. The predicted molar refractivity (Wildman–Crippen MR) is 147 cm³/mol. The summed E-state index contributed by atoms with van der Waals surface area (Å²) in [6, 6.07) is 3.39. The fourth-order valence-corrected chi connectivity index (χ4v) is 6.33.